The molecule has 4 rings (SSSR count). The lowest BCUT2D eigenvalue weighted by Gasteiger charge is -2.28. The molecule has 1 aliphatic carbocycles. The molecule has 0 radical (unpaired) electrons. The molecule has 0 aromatic heterocycles. The Morgan fingerprint density at radius 3 is 2.42 bits per heavy atom. The monoisotopic (exact) mass is 514 g/mol. The molecule has 7 nitrogen and oxygen atoms in total. The quantitative estimate of drug-likeness (QED) is 0.409. The molecule has 0 spiro atoms. The Morgan fingerprint density at radius 2 is 1.79 bits per heavy atom. The highest BCUT2D eigenvalue weighted by Gasteiger charge is 2.38. The fourth-order valence-electron chi connectivity index (χ4n) is 5.16. The number of carbonyl (C=O) groups excluding carboxylic acids is 3. The van der Waals surface area contributed by atoms with Crippen LogP contribution in [0.25, 0.3) is 0 Å². The zero-order valence-corrected chi connectivity index (χ0v) is 22.3. The number of rotatable bonds is 12. The van der Waals surface area contributed by atoms with E-state index < -0.39 is 29.8 Å². The van der Waals surface area contributed by atoms with Gasteiger partial charge in [-0.25, -0.2) is 4.99 Å². The van der Waals surface area contributed by atoms with Crippen LogP contribution >= 0.6 is 0 Å². The van der Waals surface area contributed by atoms with Crippen LogP contribution in [0.3, 0.4) is 0 Å². The van der Waals surface area contributed by atoms with Gasteiger partial charge < -0.3 is 16.0 Å². The molecule has 3 amide bonds. The average Bonchev–Trinajstić information content (AvgIpc) is 3.74. The fourth-order valence-corrected chi connectivity index (χ4v) is 5.16. The number of nitrogens with two attached hydrogens (primary N) is 1. The van der Waals surface area contributed by atoms with Crippen molar-refractivity contribution in [3.05, 3.63) is 78.4 Å². The SMILES string of the molecule is C=CCC(C(N)=O)C(CC(C)C)C(=O)NC1N=C(c2ccccc2)c2ccccc2N(CCC2CC2)C1=O. The Hall–Kier alpha value is -3.74. The maximum absolute atomic E-state index is 14.0. The summed E-state index contributed by atoms with van der Waals surface area (Å²) in [5.74, 6) is -1.86. The minimum atomic E-state index is -1.13. The largest absolute Gasteiger partial charge is 0.369 e. The second-order valence-electron chi connectivity index (χ2n) is 10.8. The Balaban J connectivity index is 1.74. The minimum Gasteiger partial charge on any atom is -0.369 e. The van der Waals surface area contributed by atoms with E-state index in [-0.39, 0.29) is 18.2 Å². The third-order valence-electron chi connectivity index (χ3n) is 7.33. The van der Waals surface area contributed by atoms with Crippen LogP contribution in [0.2, 0.25) is 0 Å². The van der Waals surface area contributed by atoms with E-state index in [1.165, 1.54) is 12.8 Å². The molecule has 2 aliphatic rings. The van der Waals surface area contributed by atoms with Gasteiger partial charge in [-0.1, -0.05) is 81.3 Å². The molecule has 38 heavy (non-hydrogen) atoms. The lowest BCUT2D eigenvalue weighted by atomic mass is 9.82. The summed E-state index contributed by atoms with van der Waals surface area (Å²) in [4.78, 5) is 46.7. The number of amides is 3. The van der Waals surface area contributed by atoms with Gasteiger partial charge in [0.05, 0.1) is 23.2 Å². The zero-order chi connectivity index (χ0) is 27.2. The molecule has 7 heteroatoms. The predicted molar refractivity (Wildman–Crippen MR) is 151 cm³/mol. The number of primary amides is 1. The highest BCUT2D eigenvalue weighted by atomic mass is 16.2. The smallest absolute Gasteiger partial charge is 0.272 e. The zero-order valence-electron chi connectivity index (χ0n) is 22.3. The molecule has 200 valence electrons. The molecule has 1 fully saturated rings. The summed E-state index contributed by atoms with van der Waals surface area (Å²) < 4.78 is 0. The Morgan fingerprint density at radius 1 is 1.11 bits per heavy atom. The number of nitrogens with zero attached hydrogens (tertiary/aromatic N) is 2. The lowest BCUT2D eigenvalue weighted by molar-refractivity contribution is -0.135. The van der Waals surface area contributed by atoms with Crippen molar-refractivity contribution in [3.63, 3.8) is 0 Å². The van der Waals surface area contributed by atoms with Crippen molar-refractivity contribution in [1.29, 1.82) is 0 Å². The number of para-hydroxylation sites is 1. The Labute approximate surface area is 225 Å². The maximum Gasteiger partial charge on any atom is 0.272 e. The summed E-state index contributed by atoms with van der Waals surface area (Å²) in [6.07, 6.45) is 4.49. The van der Waals surface area contributed by atoms with Gasteiger partial charge >= 0.3 is 0 Å². The van der Waals surface area contributed by atoms with E-state index in [2.05, 4.69) is 11.9 Å². The standard InChI is InChI=1S/C31H38N4O3/c1-4-10-23(28(32)36)25(19-20(2)3)30(37)34-29-31(38)35(18-17-21-15-16-21)26-14-9-8-13-24(26)27(33-29)22-11-6-5-7-12-22/h4-9,11-14,20-21,23,25,29H,1,10,15-19H2,2-3H3,(H2,32,36)(H,34,37). The number of hydrogen-bond donors (Lipinski definition) is 2. The molecular weight excluding hydrogens is 476 g/mol. The number of anilines is 1. The van der Waals surface area contributed by atoms with E-state index in [1.54, 1.807) is 11.0 Å². The number of allylic oxidation sites excluding steroid dienone is 1. The number of hydrogen-bond acceptors (Lipinski definition) is 4. The van der Waals surface area contributed by atoms with Gasteiger partial charge in [0.25, 0.3) is 5.91 Å². The van der Waals surface area contributed by atoms with Crippen molar-refractivity contribution in [3.8, 4) is 0 Å². The first-order valence-electron chi connectivity index (χ1n) is 13.5. The summed E-state index contributed by atoms with van der Waals surface area (Å²) in [7, 11) is 0. The van der Waals surface area contributed by atoms with Crippen LogP contribution < -0.4 is 16.0 Å². The molecule has 2 aromatic rings. The average molecular weight is 515 g/mol. The molecule has 2 aromatic carbocycles. The van der Waals surface area contributed by atoms with E-state index in [9.17, 15) is 14.4 Å². The van der Waals surface area contributed by atoms with Crippen molar-refractivity contribution in [1.82, 2.24) is 5.32 Å². The Bertz CT molecular complexity index is 1200. The third-order valence-corrected chi connectivity index (χ3v) is 7.33. The predicted octanol–water partition coefficient (Wildman–Crippen LogP) is 4.45. The molecule has 0 bridgehead atoms. The minimum absolute atomic E-state index is 0.143. The van der Waals surface area contributed by atoms with Gasteiger partial charge in [0.15, 0.2) is 0 Å². The van der Waals surface area contributed by atoms with Crippen LogP contribution in [0.1, 0.15) is 57.1 Å². The molecule has 1 aliphatic heterocycles. The van der Waals surface area contributed by atoms with E-state index in [1.807, 2.05) is 68.4 Å². The number of benzene rings is 2. The molecule has 3 N–H and O–H groups in total. The summed E-state index contributed by atoms with van der Waals surface area (Å²) >= 11 is 0. The van der Waals surface area contributed by atoms with E-state index >= 15 is 0 Å². The Kier molecular flexibility index (Phi) is 8.77. The number of benzodiazepines with no additional fused rings is 1. The number of carbonyl (C=O) groups is 3. The second-order valence-corrected chi connectivity index (χ2v) is 10.8. The van der Waals surface area contributed by atoms with Crippen molar-refractivity contribution < 1.29 is 14.4 Å². The van der Waals surface area contributed by atoms with Gasteiger partial charge in [-0.15, -0.1) is 6.58 Å². The molecule has 1 heterocycles. The summed E-state index contributed by atoms with van der Waals surface area (Å²) in [6, 6.07) is 17.5. The van der Waals surface area contributed by atoms with Crippen LogP contribution in [0.15, 0.2) is 72.2 Å². The first kappa shape index (κ1) is 27.3. The first-order valence-corrected chi connectivity index (χ1v) is 13.5. The molecule has 3 atom stereocenters. The molecule has 0 saturated heterocycles. The van der Waals surface area contributed by atoms with Gasteiger partial charge in [0.1, 0.15) is 0 Å². The fraction of sp³-hybridized carbons (Fsp3) is 0.419. The lowest BCUT2D eigenvalue weighted by Crippen LogP contribution is -2.51. The first-order chi connectivity index (χ1) is 18.3. The van der Waals surface area contributed by atoms with Crippen molar-refractivity contribution in [2.75, 3.05) is 11.4 Å². The number of nitrogens with one attached hydrogen (secondary N) is 1. The number of aliphatic imine (C=N–C) groups is 1. The highest BCUT2D eigenvalue weighted by Crippen LogP contribution is 2.35. The van der Waals surface area contributed by atoms with E-state index in [4.69, 9.17) is 10.7 Å². The van der Waals surface area contributed by atoms with Crippen molar-refractivity contribution in [2.24, 2.45) is 34.4 Å². The summed E-state index contributed by atoms with van der Waals surface area (Å²) in [5, 5.41) is 2.92. The van der Waals surface area contributed by atoms with E-state index in [0.29, 0.717) is 24.6 Å². The van der Waals surface area contributed by atoms with Crippen LogP contribution in [0, 0.1) is 23.7 Å². The second kappa shape index (κ2) is 12.2. The van der Waals surface area contributed by atoms with Crippen molar-refractivity contribution >= 4 is 29.1 Å². The van der Waals surface area contributed by atoms with Gasteiger partial charge in [-0.3, -0.25) is 14.4 Å². The van der Waals surface area contributed by atoms with Gasteiger partial charge in [-0.2, -0.15) is 0 Å². The van der Waals surface area contributed by atoms with Crippen molar-refractivity contribution in [2.45, 2.75) is 52.1 Å². The topological polar surface area (TPSA) is 105 Å². The maximum atomic E-state index is 14.0. The molecule has 1 saturated carbocycles. The molecule has 3 unspecified atom stereocenters. The van der Waals surface area contributed by atoms with Gasteiger partial charge in [-0.05, 0) is 37.2 Å². The summed E-state index contributed by atoms with van der Waals surface area (Å²) in [6.45, 7) is 8.28. The summed E-state index contributed by atoms with van der Waals surface area (Å²) in [5.41, 5.74) is 8.84. The van der Waals surface area contributed by atoms with Crippen LogP contribution in [0.5, 0.6) is 0 Å². The van der Waals surface area contributed by atoms with Gasteiger partial charge in [0.2, 0.25) is 18.0 Å². The van der Waals surface area contributed by atoms with Gasteiger partial charge in [0, 0.05) is 17.7 Å². The van der Waals surface area contributed by atoms with Crippen LogP contribution in [-0.2, 0) is 14.4 Å². The highest BCUT2D eigenvalue weighted by molar-refractivity contribution is 6.20. The van der Waals surface area contributed by atoms with Crippen LogP contribution in [-0.4, -0.2) is 36.1 Å². The number of fused-ring (bicyclic) bond motifs is 1. The third kappa shape index (κ3) is 6.39. The van der Waals surface area contributed by atoms with E-state index in [0.717, 1.165) is 23.2 Å². The van der Waals surface area contributed by atoms with Crippen LogP contribution in [0.4, 0.5) is 5.69 Å². The molecular formula is C31H38N4O3. The normalized spacial score (nSPS) is 18.7.